The molecule has 126 valence electrons. The number of anilines is 1. The fourth-order valence-corrected chi connectivity index (χ4v) is 4.06. The molecule has 2 aromatic rings. The van der Waals surface area contributed by atoms with Crippen molar-refractivity contribution in [3.63, 3.8) is 0 Å². The van der Waals surface area contributed by atoms with Crippen molar-refractivity contribution in [2.75, 3.05) is 24.2 Å². The molecule has 1 N–H and O–H groups in total. The summed E-state index contributed by atoms with van der Waals surface area (Å²) in [6.07, 6.45) is 2.20. The van der Waals surface area contributed by atoms with E-state index in [9.17, 15) is 9.59 Å². The maximum atomic E-state index is 12.0. The second kappa shape index (κ2) is 7.81. The molecule has 1 aromatic heterocycles. The summed E-state index contributed by atoms with van der Waals surface area (Å²) in [4.78, 5) is 29.6. The van der Waals surface area contributed by atoms with Crippen LogP contribution in [-0.4, -0.2) is 39.9 Å². The van der Waals surface area contributed by atoms with Crippen molar-refractivity contribution < 1.29 is 9.59 Å². The first-order chi connectivity index (χ1) is 11.7. The van der Waals surface area contributed by atoms with Crippen molar-refractivity contribution in [1.29, 1.82) is 0 Å². The topological polar surface area (TPSA) is 62.3 Å². The molecular formula is C17H19N3O2S2. The Bertz CT molecular complexity index is 728. The number of nitrogens with one attached hydrogen (secondary N) is 1. The van der Waals surface area contributed by atoms with Crippen molar-refractivity contribution in [1.82, 2.24) is 9.88 Å². The number of aryl methyl sites for hydroxylation is 1. The lowest BCUT2D eigenvalue weighted by Crippen LogP contribution is -2.33. The Hall–Kier alpha value is -1.86. The molecular weight excluding hydrogens is 342 g/mol. The van der Waals surface area contributed by atoms with Crippen LogP contribution in [0.4, 0.5) is 9.93 Å². The van der Waals surface area contributed by atoms with Gasteiger partial charge in [-0.05, 0) is 12.0 Å². The van der Waals surface area contributed by atoms with E-state index in [0.29, 0.717) is 11.7 Å². The van der Waals surface area contributed by atoms with Crippen LogP contribution in [0.2, 0.25) is 0 Å². The van der Waals surface area contributed by atoms with Gasteiger partial charge in [0.25, 0.3) is 5.24 Å². The lowest BCUT2D eigenvalue weighted by Gasteiger charge is -2.12. The third kappa shape index (κ3) is 4.15. The monoisotopic (exact) mass is 361 g/mol. The number of thiazole rings is 1. The van der Waals surface area contributed by atoms with E-state index in [1.54, 1.807) is 4.90 Å². The van der Waals surface area contributed by atoms with E-state index in [-0.39, 0.29) is 17.7 Å². The highest BCUT2D eigenvalue weighted by Crippen LogP contribution is 2.25. The van der Waals surface area contributed by atoms with Crippen LogP contribution in [0.15, 0.2) is 29.6 Å². The van der Waals surface area contributed by atoms with Crippen LogP contribution < -0.4 is 5.32 Å². The molecule has 0 aliphatic carbocycles. The molecule has 3 rings (SSSR count). The number of hydrogen-bond donors (Lipinski definition) is 1. The molecule has 0 saturated carbocycles. The molecule has 2 amide bonds. The van der Waals surface area contributed by atoms with Gasteiger partial charge in [0.2, 0.25) is 5.91 Å². The highest BCUT2D eigenvalue weighted by molar-refractivity contribution is 8.13. The van der Waals surface area contributed by atoms with E-state index in [0.717, 1.165) is 29.9 Å². The Kier molecular flexibility index (Phi) is 5.52. The predicted molar refractivity (Wildman–Crippen MR) is 99.6 cm³/mol. The smallest absolute Gasteiger partial charge is 0.282 e. The molecule has 1 fully saturated rings. The number of amides is 2. The normalized spacial score (nSPS) is 14.2. The maximum absolute atomic E-state index is 12.0. The summed E-state index contributed by atoms with van der Waals surface area (Å²) < 4.78 is 0. The average Bonchev–Trinajstić information content (AvgIpc) is 3.18. The highest BCUT2D eigenvalue weighted by atomic mass is 32.2. The fraction of sp³-hybridized carbons (Fsp3) is 0.353. The van der Waals surface area contributed by atoms with Crippen molar-refractivity contribution in [3.05, 3.63) is 35.2 Å². The lowest BCUT2D eigenvalue weighted by molar-refractivity contribution is -0.116. The minimum atomic E-state index is -0.204. The second-order valence-corrected chi connectivity index (χ2v) is 7.47. The Labute approximate surface area is 149 Å². The van der Waals surface area contributed by atoms with Crippen LogP contribution >= 0.6 is 23.1 Å². The van der Waals surface area contributed by atoms with Crippen molar-refractivity contribution in [3.8, 4) is 11.3 Å². The number of rotatable bonds is 6. The molecule has 1 aliphatic heterocycles. The number of aromatic nitrogens is 1. The third-order valence-electron chi connectivity index (χ3n) is 3.72. The molecule has 0 unspecified atom stereocenters. The molecule has 0 radical (unpaired) electrons. The summed E-state index contributed by atoms with van der Waals surface area (Å²) in [5.74, 6) is 0.548. The Morgan fingerprint density at radius 3 is 2.79 bits per heavy atom. The summed E-state index contributed by atoms with van der Waals surface area (Å²) in [6, 6.07) is 8.36. The summed E-state index contributed by atoms with van der Waals surface area (Å²) in [5.41, 5.74) is 3.21. The van der Waals surface area contributed by atoms with Gasteiger partial charge in [-0.25, -0.2) is 4.98 Å². The quantitative estimate of drug-likeness (QED) is 0.848. The van der Waals surface area contributed by atoms with E-state index >= 15 is 0 Å². The van der Waals surface area contributed by atoms with Gasteiger partial charge in [0.15, 0.2) is 5.13 Å². The van der Waals surface area contributed by atoms with Gasteiger partial charge in [0.1, 0.15) is 6.54 Å². The van der Waals surface area contributed by atoms with E-state index in [1.807, 2.05) is 5.38 Å². The number of nitrogens with zero attached hydrogens (tertiary/aromatic N) is 2. The molecule has 5 nitrogen and oxygen atoms in total. The SMILES string of the molecule is CCCc1ccc(-c2csc(NC(=O)CN3CCSC3=O)n2)cc1. The van der Waals surface area contributed by atoms with Gasteiger partial charge >= 0.3 is 0 Å². The largest absolute Gasteiger partial charge is 0.323 e. The fourth-order valence-electron chi connectivity index (χ4n) is 2.50. The molecule has 24 heavy (non-hydrogen) atoms. The van der Waals surface area contributed by atoms with Crippen LogP contribution in [0.25, 0.3) is 11.3 Å². The van der Waals surface area contributed by atoms with Gasteiger partial charge < -0.3 is 10.2 Å². The molecule has 7 heteroatoms. The number of thioether (sulfide) groups is 1. The van der Waals surface area contributed by atoms with E-state index in [2.05, 4.69) is 41.5 Å². The number of hydrogen-bond acceptors (Lipinski definition) is 5. The van der Waals surface area contributed by atoms with Crippen LogP contribution in [0.5, 0.6) is 0 Å². The standard InChI is InChI=1S/C17H19N3O2S2/c1-2-3-12-4-6-13(7-5-12)14-11-24-16(18-14)19-15(21)10-20-8-9-23-17(20)22/h4-7,11H,2-3,8-10H2,1H3,(H,18,19,21). The Balaban J connectivity index is 1.60. The molecule has 1 aliphatic rings. The first kappa shape index (κ1) is 17.0. The molecule has 0 atom stereocenters. The van der Waals surface area contributed by atoms with E-state index < -0.39 is 0 Å². The average molecular weight is 361 g/mol. The minimum Gasteiger partial charge on any atom is -0.323 e. The maximum Gasteiger partial charge on any atom is 0.282 e. The Morgan fingerprint density at radius 1 is 1.33 bits per heavy atom. The summed E-state index contributed by atoms with van der Waals surface area (Å²) >= 11 is 2.65. The van der Waals surface area contributed by atoms with Gasteiger partial charge in [-0.3, -0.25) is 9.59 Å². The van der Waals surface area contributed by atoms with Crippen LogP contribution in [0, 0.1) is 0 Å². The van der Waals surface area contributed by atoms with Gasteiger partial charge in [0.05, 0.1) is 5.69 Å². The molecule has 0 bridgehead atoms. The van der Waals surface area contributed by atoms with Crippen molar-refractivity contribution in [2.24, 2.45) is 0 Å². The minimum absolute atomic E-state index is 0.0304. The zero-order valence-corrected chi connectivity index (χ0v) is 15.1. The van der Waals surface area contributed by atoms with E-state index in [1.165, 1.54) is 28.7 Å². The first-order valence-electron chi connectivity index (χ1n) is 7.92. The van der Waals surface area contributed by atoms with Crippen molar-refractivity contribution >= 4 is 39.4 Å². The first-order valence-corrected chi connectivity index (χ1v) is 9.78. The van der Waals surface area contributed by atoms with Gasteiger partial charge in [-0.2, -0.15) is 0 Å². The molecule has 1 aromatic carbocycles. The molecule has 1 saturated heterocycles. The predicted octanol–water partition coefficient (Wildman–Crippen LogP) is 3.87. The zero-order valence-electron chi connectivity index (χ0n) is 13.4. The third-order valence-corrected chi connectivity index (χ3v) is 5.37. The van der Waals surface area contributed by atoms with Gasteiger partial charge in [-0.15, -0.1) is 11.3 Å². The van der Waals surface area contributed by atoms with Crippen LogP contribution in [0.3, 0.4) is 0 Å². The lowest BCUT2D eigenvalue weighted by atomic mass is 10.1. The number of benzene rings is 1. The number of carbonyl (C=O) groups excluding carboxylic acids is 2. The van der Waals surface area contributed by atoms with Gasteiger partial charge in [-0.1, -0.05) is 49.4 Å². The van der Waals surface area contributed by atoms with Crippen LogP contribution in [0.1, 0.15) is 18.9 Å². The summed E-state index contributed by atoms with van der Waals surface area (Å²) in [5, 5.41) is 5.24. The summed E-state index contributed by atoms with van der Waals surface area (Å²) in [6.45, 7) is 2.88. The van der Waals surface area contributed by atoms with Crippen LogP contribution in [-0.2, 0) is 11.2 Å². The van der Waals surface area contributed by atoms with Gasteiger partial charge in [0, 0.05) is 23.2 Å². The molecule has 0 spiro atoms. The zero-order chi connectivity index (χ0) is 16.9. The van der Waals surface area contributed by atoms with Crippen molar-refractivity contribution in [2.45, 2.75) is 19.8 Å². The molecule has 2 heterocycles. The summed E-state index contributed by atoms with van der Waals surface area (Å²) in [7, 11) is 0. The van der Waals surface area contributed by atoms with E-state index in [4.69, 9.17) is 0 Å². The highest BCUT2D eigenvalue weighted by Gasteiger charge is 2.23. The Morgan fingerprint density at radius 2 is 2.12 bits per heavy atom. The second-order valence-electron chi connectivity index (χ2n) is 5.57. The number of carbonyl (C=O) groups is 2.